The van der Waals surface area contributed by atoms with Gasteiger partial charge in [-0.05, 0) is 23.6 Å². The van der Waals surface area contributed by atoms with E-state index < -0.39 is 10.1 Å². The topological polar surface area (TPSA) is 116 Å². The van der Waals surface area contributed by atoms with Gasteiger partial charge in [-0.25, -0.2) is 0 Å². The van der Waals surface area contributed by atoms with Gasteiger partial charge < -0.3 is 15.7 Å². The highest BCUT2D eigenvalue weighted by Gasteiger charge is 2.13. The molecule has 2 aromatic rings. The van der Waals surface area contributed by atoms with Crippen LogP contribution in [-0.2, 0) is 14.9 Å². The van der Waals surface area contributed by atoms with Crippen LogP contribution in [0.4, 0.5) is 5.69 Å². The van der Waals surface area contributed by atoms with Crippen LogP contribution in [0.2, 0.25) is 0 Å². The number of fused-ring (bicyclic) bond motifs is 1. The fraction of sp³-hybridized carbons (Fsp3) is 0.214. The first kappa shape index (κ1) is 16.1. The number of phenolic OH excluding ortho intramolecular Hbond substituents is 1. The molecule has 0 saturated heterocycles. The summed E-state index contributed by atoms with van der Waals surface area (Å²) in [4.78, 5) is 10.4. The van der Waals surface area contributed by atoms with Crippen LogP contribution in [-0.4, -0.2) is 37.1 Å². The van der Waals surface area contributed by atoms with Crippen molar-refractivity contribution in [1.29, 1.82) is 0 Å². The minimum absolute atomic E-state index is 0.115. The zero-order chi connectivity index (χ0) is 16.3. The maximum absolute atomic E-state index is 11.1. The summed E-state index contributed by atoms with van der Waals surface area (Å²) in [6.45, 7) is 2.40. The first-order chi connectivity index (χ1) is 10.3. The highest BCUT2D eigenvalue weighted by molar-refractivity contribution is 7.85. The molecule has 0 aliphatic rings. The maximum atomic E-state index is 11.1. The summed E-state index contributed by atoms with van der Waals surface area (Å²) >= 11 is 0. The molecular formula is C14H16N2O5S. The molecule has 0 heterocycles. The van der Waals surface area contributed by atoms with Crippen LogP contribution in [0.25, 0.3) is 10.8 Å². The van der Waals surface area contributed by atoms with Crippen LogP contribution in [0.5, 0.6) is 5.75 Å². The SMILES string of the molecule is CC(=O)NCCNc1ccc2cc(S(=O)(=O)O)cc(O)c2c1. The third kappa shape index (κ3) is 3.86. The van der Waals surface area contributed by atoms with Gasteiger partial charge in [-0.15, -0.1) is 0 Å². The minimum Gasteiger partial charge on any atom is -0.507 e. The van der Waals surface area contributed by atoms with Crippen molar-refractivity contribution in [3.63, 3.8) is 0 Å². The van der Waals surface area contributed by atoms with Gasteiger partial charge >= 0.3 is 0 Å². The number of anilines is 1. The number of phenols is 1. The van der Waals surface area contributed by atoms with Gasteiger partial charge in [-0.3, -0.25) is 9.35 Å². The molecule has 0 unspecified atom stereocenters. The fourth-order valence-electron chi connectivity index (χ4n) is 2.02. The van der Waals surface area contributed by atoms with Gasteiger partial charge in [0.05, 0.1) is 4.90 Å². The van der Waals surface area contributed by atoms with E-state index in [0.29, 0.717) is 29.5 Å². The van der Waals surface area contributed by atoms with Crippen LogP contribution in [0.15, 0.2) is 35.2 Å². The zero-order valence-corrected chi connectivity index (χ0v) is 12.6. The van der Waals surface area contributed by atoms with E-state index in [1.54, 1.807) is 18.2 Å². The number of hydrogen-bond acceptors (Lipinski definition) is 5. The molecule has 118 valence electrons. The second-order valence-electron chi connectivity index (χ2n) is 4.76. The van der Waals surface area contributed by atoms with E-state index in [-0.39, 0.29) is 16.6 Å². The van der Waals surface area contributed by atoms with Gasteiger partial charge in [0.25, 0.3) is 10.1 Å². The highest BCUT2D eigenvalue weighted by Crippen LogP contribution is 2.30. The quantitative estimate of drug-likeness (QED) is 0.487. The van der Waals surface area contributed by atoms with Crippen LogP contribution < -0.4 is 10.6 Å². The number of carbonyl (C=O) groups is 1. The lowest BCUT2D eigenvalue weighted by Gasteiger charge is -2.09. The predicted octanol–water partition coefficient (Wildman–Crippen LogP) is 1.34. The van der Waals surface area contributed by atoms with E-state index >= 15 is 0 Å². The summed E-state index contributed by atoms with van der Waals surface area (Å²) in [7, 11) is -4.37. The molecular weight excluding hydrogens is 308 g/mol. The Morgan fingerprint density at radius 1 is 1.18 bits per heavy atom. The summed E-state index contributed by atoms with van der Waals surface area (Å²) in [6.07, 6.45) is 0. The molecule has 2 rings (SSSR count). The molecule has 0 spiro atoms. The Bertz CT molecular complexity index is 817. The zero-order valence-electron chi connectivity index (χ0n) is 11.8. The first-order valence-corrected chi connectivity index (χ1v) is 7.94. The van der Waals surface area contributed by atoms with Crippen molar-refractivity contribution in [3.8, 4) is 5.75 Å². The predicted molar refractivity (Wildman–Crippen MR) is 82.6 cm³/mol. The van der Waals surface area contributed by atoms with Gasteiger partial charge in [0.1, 0.15) is 5.75 Å². The average Bonchev–Trinajstić information content (AvgIpc) is 2.42. The van der Waals surface area contributed by atoms with Gasteiger partial charge in [-0.2, -0.15) is 8.42 Å². The lowest BCUT2D eigenvalue weighted by molar-refractivity contribution is -0.118. The Morgan fingerprint density at radius 2 is 1.91 bits per heavy atom. The van der Waals surface area contributed by atoms with Gasteiger partial charge in [-0.1, -0.05) is 6.07 Å². The molecule has 22 heavy (non-hydrogen) atoms. The third-order valence-corrected chi connectivity index (χ3v) is 3.86. The molecule has 0 atom stereocenters. The molecule has 0 aromatic heterocycles. The molecule has 8 heteroatoms. The van der Waals surface area contributed by atoms with Gasteiger partial charge in [0, 0.05) is 37.2 Å². The lowest BCUT2D eigenvalue weighted by atomic mass is 10.1. The summed E-state index contributed by atoms with van der Waals surface area (Å²) in [6, 6.07) is 7.28. The molecule has 0 bridgehead atoms. The standard InChI is InChI=1S/C14H16N2O5S/c1-9(17)15-4-5-16-11-3-2-10-6-12(22(19,20)21)8-14(18)13(10)7-11/h2-3,6-8,16,18H,4-5H2,1H3,(H,15,17)(H,19,20,21). The maximum Gasteiger partial charge on any atom is 0.294 e. The van der Waals surface area contributed by atoms with Crippen molar-refractivity contribution in [2.75, 3.05) is 18.4 Å². The Morgan fingerprint density at radius 3 is 2.55 bits per heavy atom. The third-order valence-electron chi connectivity index (χ3n) is 3.03. The highest BCUT2D eigenvalue weighted by atomic mass is 32.2. The van der Waals surface area contributed by atoms with Crippen molar-refractivity contribution in [1.82, 2.24) is 5.32 Å². The Labute approximate surface area is 127 Å². The lowest BCUT2D eigenvalue weighted by Crippen LogP contribution is -2.26. The molecule has 4 N–H and O–H groups in total. The Kier molecular flexibility index (Phi) is 4.53. The number of carbonyl (C=O) groups excluding carboxylic acids is 1. The molecule has 0 fully saturated rings. The van der Waals surface area contributed by atoms with Crippen molar-refractivity contribution < 1.29 is 22.9 Å². The number of hydrogen-bond donors (Lipinski definition) is 4. The fourth-order valence-corrected chi connectivity index (χ4v) is 2.55. The van der Waals surface area contributed by atoms with Crippen LogP contribution in [0.1, 0.15) is 6.92 Å². The number of rotatable bonds is 5. The number of benzene rings is 2. The van der Waals surface area contributed by atoms with Crippen molar-refractivity contribution in [2.24, 2.45) is 0 Å². The van der Waals surface area contributed by atoms with E-state index in [0.717, 1.165) is 6.07 Å². The van der Waals surface area contributed by atoms with Crippen molar-refractivity contribution >= 4 is 32.5 Å². The first-order valence-electron chi connectivity index (χ1n) is 6.50. The van der Waals surface area contributed by atoms with E-state index in [2.05, 4.69) is 10.6 Å². The minimum atomic E-state index is -4.37. The molecule has 0 saturated carbocycles. The van der Waals surface area contributed by atoms with E-state index in [4.69, 9.17) is 4.55 Å². The monoisotopic (exact) mass is 324 g/mol. The van der Waals surface area contributed by atoms with E-state index in [9.17, 15) is 18.3 Å². The summed E-state index contributed by atoms with van der Waals surface area (Å²) in [5.74, 6) is -0.355. The average molecular weight is 324 g/mol. The van der Waals surface area contributed by atoms with E-state index in [1.165, 1.54) is 13.0 Å². The molecule has 0 aliphatic heterocycles. The molecule has 2 aromatic carbocycles. The largest absolute Gasteiger partial charge is 0.507 e. The molecule has 7 nitrogen and oxygen atoms in total. The Balaban J connectivity index is 2.24. The summed E-state index contributed by atoms with van der Waals surface area (Å²) in [5, 5.41) is 16.6. The second-order valence-corrected chi connectivity index (χ2v) is 6.18. The van der Waals surface area contributed by atoms with Crippen molar-refractivity contribution in [2.45, 2.75) is 11.8 Å². The normalized spacial score (nSPS) is 11.4. The van der Waals surface area contributed by atoms with Crippen LogP contribution >= 0.6 is 0 Å². The number of aromatic hydroxyl groups is 1. The Hall–Kier alpha value is -2.32. The number of amides is 1. The van der Waals surface area contributed by atoms with Crippen LogP contribution in [0, 0.1) is 0 Å². The summed E-state index contributed by atoms with van der Waals surface area (Å²) in [5.41, 5.74) is 0.716. The van der Waals surface area contributed by atoms with Gasteiger partial charge in [0.2, 0.25) is 5.91 Å². The molecule has 0 radical (unpaired) electrons. The van der Waals surface area contributed by atoms with Crippen LogP contribution in [0.3, 0.4) is 0 Å². The molecule has 0 aliphatic carbocycles. The molecule has 1 amide bonds. The number of nitrogens with one attached hydrogen (secondary N) is 2. The summed E-state index contributed by atoms with van der Waals surface area (Å²) < 4.78 is 31.3. The smallest absolute Gasteiger partial charge is 0.294 e. The van der Waals surface area contributed by atoms with E-state index in [1.807, 2.05) is 0 Å². The van der Waals surface area contributed by atoms with Gasteiger partial charge in [0.15, 0.2) is 0 Å². The van der Waals surface area contributed by atoms with Crippen molar-refractivity contribution in [3.05, 3.63) is 30.3 Å². The second kappa shape index (κ2) is 6.20.